The van der Waals surface area contributed by atoms with Gasteiger partial charge in [-0.15, -0.1) is 0 Å². The largest absolute Gasteiger partial charge is 0.300 e. The molecule has 1 saturated heterocycles. The Kier molecular flexibility index (Phi) is 8.65. The van der Waals surface area contributed by atoms with Gasteiger partial charge in [-0.25, -0.2) is 0 Å². The first-order chi connectivity index (χ1) is 11.3. The van der Waals surface area contributed by atoms with E-state index in [-0.39, 0.29) is 23.7 Å². The third-order valence-electron chi connectivity index (χ3n) is 5.18. The van der Waals surface area contributed by atoms with Crippen LogP contribution in [0.2, 0.25) is 0 Å². The van der Waals surface area contributed by atoms with Gasteiger partial charge in [0, 0.05) is 31.7 Å². The highest BCUT2D eigenvalue weighted by atomic mass is 16.2. The quantitative estimate of drug-likeness (QED) is 0.530. The zero-order valence-corrected chi connectivity index (χ0v) is 16.1. The summed E-state index contributed by atoms with van der Waals surface area (Å²) in [5.41, 5.74) is 0. The normalized spacial score (nSPS) is 20.8. The lowest BCUT2D eigenvalue weighted by atomic mass is 9.85. The van der Waals surface area contributed by atoms with Crippen molar-refractivity contribution in [3.63, 3.8) is 0 Å². The molecule has 1 aliphatic heterocycles. The Bertz CT molecular complexity index is 444. The maximum Gasteiger partial charge on any atom is 0.233 e. The molecule has 0 aromatic rings. The monoisotopic (exact) mass is 337 g/mol. The first-order valence-corrected chi connectivity index (χ1v) is 9.62. The van der Waals surface area contributed by atoms with Gasteiger partial charge >= 0.3 is 0 Å². The first kappa shape index (κ1) is 20.9. The van der Waals surface area contributed by atoms with Crippen molar-refractivity contribution in [3.05, 3.63) is 0 Å². The van der Waals surface area contributed by atoms with E-state index in [1.54, 1.807) is 0 Å². The van der Waals surface area contributed by atoms with E-state index in [0.717, 1.165) is 25.7 Å². The van der Waals surface area contributed by atoms with E-state index in [4.69, 9.17) is 0 Å². The van der Waals surface area contributed by atoms with Gasteiger partial charge in [0.2, 0.25) is 11.8 Å². The molecule has 3 unspecified atom stereocenters. The number of imide groups is 1. The molecule has 4 nitrogen and oxygen atoms in total. The number of nitrogens with zero attached hydrogens (tertiary/aromatic N) is 1. The zero-order chi connectivity index (χ0) is 18.3. The number of ketones is 1. The second kappa shape index (κ2) is 9.95. The number of hydrogen-bond donors (Lipinski definition) is 0. The van der Waals surface area contributed by atoms with Crippen LogP contribution in [0.4, 0.5) is 0 Å². The van der Waals surface area contributed by atoms with E-state index in [9.17, 15) is 14.4 Å². The molecule has 0 aliphatic carbocycles. The second-order valence-electron chi connectivity index (χ2n) is 7.99. The van der Waals surface area contributed by atoms with E-state index >= 15 is 0 Å². The molecule has 0 radical (unpaired) electrons. The van der Waals surface area contributed by atoms with Crippen molar-refractivity contribution in [3.8, 4) is 0 Å². The molecule has 0 aromatic carbocycles. The molecule has 0 N–H and O–H groups in total. The number of amides is 2. The topological polar surface area (TPSA) is 54.5 Å². The summed E-state index contributed by atoms with van der Waals surface area (Å²) in [6.07, 6.45) is 5.77. The minimum Gasteiger partial charge on any atom is -0.300 e. The number of likely N-dealkylation sites (tertiary alicyclic amines) is 1. The third-order valence-corrected chi connectivity index (χ3v) is 5.18. The number of carbonyl (C=O) groups excluding carboxylic acids is 3. The van der Waals surface area contributed by atoms with Crippen LogP contribution in [0, 0.1) is 23.7 Å². The third kappa shape index (κ3) is 6.37. The average molecular weight is 338 g/mol. The van der Waals surface area contributed by atoms with Crippen molar-refractivity contribution in [1.82, 2.24) is 4.90 Å². The molecule has 1 rings (SSSR count). The van der Waals surface area contributed by atoms with Crippen molar-refractivity contribution in [2.24, 2.45) is 23.7 Å². The predicted molar refractivity (Wildman–Crippen MR) is 96.4 cm³/mol. The smallest absolute Gasteiger partial charge is 0.233 e. The van der Waals surface area contributed by atoms with Crippen LogP contribution < -0.4 is 0 Å². The number of hydrogen-bond acceptors (Lipinski definition) is 3. The van der Waals surface area contributed by atoms with E-state index < -0.39 is 0 Å². The van der Waals surface area contributed by atoms with Crippen LogP contribution >= 0.6 is 0 Å². The lowest BCUT2D eigenvalue weighted by molar-refractivity contribution is -0.140. The minimum atomic E-state index is -0.134. The zero-order valence-electron chi connectivity index (χ0n) is 16.1. The molecule has 3 atom stereocenters. The molecule has 0 spiro atoms. The molecule has 0 aromatic heterocycles. The fourth-order valence-corrected chi connectivity index (χ4v) is 3.43. The van der Waals surface area contributed by atoms with Crippen molar-refractivity contribution >= 4 is 17.6 Å². The summed E-state index contributed by atoms with van der Waals surface area (Å²) in [6, 6.07) is 0. The second-order valence-corrected chi connectivity index (χ2v) is 7.99. The lowest BCUT2D eigenvalue weighted by Crippen LogP contribution is -2.34. The van der Waals surface area contributed by atoms with E-state index in [1.165, 1.54) is 4.90 Å². The lowest BCUT2D eigenvalue weighted by Gasteiger charge is -2.21. The van der Waals surface area contributed by atoms with Crippen molar-refractivity contribution in [1.29, 1.82) is 0 Å². The van der Waals surface area contributed by atoms with Crippen LogP contribution in [0.3, 0.4) is 0 Å². The van der Waals surface area contributed by atoms with Crippen LogP contribution in [-0.4, -0.2) is 29.0 Å². The minimum absolute atomic E-state index is 0.00308. The Labute approximate surface area is 147 Å². The molecular formula is C20H35NO3. The summed E-state index contributed by atoms with van der Waals surface area (Å²) < 4.78 is 0. The van der Waals surface area contributed by atoms with Crippen molar-refractivity contribution < 1.29 is 14.4 Å². The van der Waals surface area contributed by atoms with Crippen molar-refractivity contribution in [2.45, 2.75) is 79.6 Å². The molecule has 1 aliphatic rings. The van der Waals surface area contributed by atoms with Gasteiger partial charge in [0.05, 0.1) is 0 Å². The molecule has 1 fully saturated rings. The fourth-order valence-electron chi connectivity index (χ4n) is 3.43. The maximum atomic E-state index is 12.5. The van der Waals surface area contributed by atoms with Crippen LogP contribution in [-0.2, 0) is 14.4 Å². The summed E-state index contributed by atoms with van der Waals surface area (Å²) in [7, 11) is 0. The van der Waals surface area contributed by atoms with Crippen LogP contribution in [0.15, 0.2) is 0 Å². The highest BCUT2D eigenvalue weighted by Crippen LogP contribution is 2.31. The summed E-state index contributed by atoms with van der Waals surface area (Å²) in [4.78, 5) is 37.4. The molecule has 4 heteroatoms. The SMILES string of the molecule is CCC(=O)CCCC(C)CCC(C)C1CC(=O)N(CC(C)C)C1=O. The predicted octanol–water partition coefficient (Wildman–Crippen LogP) is 4.22. The summed E-state index contributed by atoms with van der Waals surface area (Å²) in [6.45, 7) is 10.8. The number of Topliss-reactive ketones (excluding diaryl/α,β-unsaturated/α-hetero) is 1. The molecule has 24 heavy (non-hydrogen) atoms. The van der Waals surface area contributed by atoms with E-state index in [0.29, 0.717) is 43.4 Å². The van der Waals surface area contributed by atoms with E-state index in [1.807, 2.05) is 20.8 Å². The Hall–Kier alpha value is -1.19. The van der Waals surface area contributed by atoms with Crippen LogP contribution in [0.25, 0.3) is 0 Å². The number of carbonyl (C=O) groups is 3. The Morgan fingerprint density at radius 3 is 2.38 bits per heavy atom. The summed E-state index contributed by atoms with van der Waals surface area (Å²) >= 11 is 0. The van der Waals surface area contributed by atoms with Gasteiger partial charge in [0.25, 0.3) is 0 Å². The average Bonchev–Trinajstić information content (AvgIpc) is 2.80. The molecule has 1 heterocycles. The van der Waals surface area contributed by atoms with Gasteiger partial charge in [-0.1, -0.05) is 47.5 Å². The number of rotatable bonds is 11. The Morgan fingerprint density at radius 1 is 1.12 bits per heavy atom. The van der Waals surface area contributed by atoms with Gasteiger partial charge in [-0.3, -0.25) is 19.3 Å². The fraction of sp³-hybridized carbons (Fsp3) is 0.850. The highest BCUT2D eigenvalue weighted by Gasteiger charge is 2.41. The molecule has 138 valence electrons. The Balaban J connectivity index is 2.37. The summed E-state index contributed by atoms with van der Waals surface area (Å²) in [5.74, 6) is 1.37. The van der Waals surface area contributed by atoms with Crippen LogP contribution in [0.1, 0.15) is 79.6 Å². The van der Waals surface area contributed by atoms with Gasteiger partial charge in [-0.05, 0) is 30.6 Å². The standard InChI is InChI=1S/C20H35NO3/c1-6-17(22)9-7-8-15(4)10-11-16(5)18-12-19(23)21(20(18)24)13-14(2)3/h14-16,18H,6-13H2,1-5H3. The van der Waals surface area contributed by atoms with Crippen LogP contribution in [0.5, 0.6) is 0 Å². The summed E-state index contributed by atoms with van der Waals surface area (Å²) in [5, 5.41) is 0. The van der Waals surface area contributed by atoms with Gasteiger partial charge in [0.1, 0.15) is 5.78 Å². The molecule has 2 amide bonds. The maximum absolute atomic E-state index is 12.5. The Morgan fingerprint density at radius 2 is 1.79 bits per heavy atom. The first-order valence-electron chi connectivity index (χ1n) is 9.62. The van der Waals surface area contributed by atoms with E-state index in [2.05, 4.69) is 13.8 Å². The molecule has 0 saturated carbocycles. The molecular weight excluding hydrogens is 302 g/mol. The van der Waals surface area contributed by atoms with Gasteiger partial charge in [0.15, 0.2) is 0 Å². The highest BCUT2D eigenvalue weighted by molar-refractivity contribution is 6.03. The van der Waals surface area contributed by atoms with Gasteiger partial charge < -0.3 is 0 Å². The van der Waals surface area contributed by atoms with Gasteiger partial charge in [-0.2, -0.15) is 0 Å². The van der Waals surface area contributed by atoms with Crippen molar-refractivity contribution in [2.75, 3.05) is 6.54 Å². The molecule has 0 bridgehead atoms.